The van der Waals surface area contributed by atoms with Gasteiger partial charge < -0.3 is 0 Å². The van der Waals surface area contributed by atoms with Crippen molar-refractivity contribution in [2.75, 3.05) is 0 Å². The van der Waals surface area contributed by atoms with Crippen molar-refractivity contribution >= 4 is 9.73 Å². The maximum absolute atomic E-state index is 11.8. The summed E-state index contributed by atoms with van der Waals surface area (Å²) in [6, 6.07) is 3.50. The summed E-state index contributed by atoms with van der Waals surface area (Å²) in [5, 5.41) is -0.169. The highest BCUT2D eigenvalue weighted by molar-refractivity contribution is 7.93. The Labute approximate surface area is 79.2 Å². The molecule has 1 aromatic heterocycles. The molecule has 0 spiro atoms. The Kier molecular flexibility index (Phi) is 2.71. The van der Waals surface area contributed by atoms with E-state index in [-0.39, 0.29) is 5.25 Å². The van der Waals surface area contributed by atoms with E-state index >= 15 is 0 Å². The molecule has 13 heavy (non-hydrogen) atoms. The number of rotatable bonds is 2. The highest BCUT2D eigenvalue weighted by Crippen LogP contribution is 2.15. The largest absolute Gasteiger partial charge is 0.260 e. The number of aryl methyl sites for hydroxylation is 1. The Morgan fingerprint density at radius 1 is 1.46 bits per heavy atom. The average Bonchev–Trinajstić information content (AvgIpc) is 2.04. The zero-order valence-electron chi connectivity index (χ0n) is 8.07. The second-order valence-electron chi connectivity index (χ2n) is 3.28. The van der Waals surface area contributed by atoms with Crippen LogP contribution in [0.3, 0.4) is 0 Å². The molecule has 3 nitrogen and oxygen atoms in total. The zero-order chi connectivity index (χ0) is 10.1. The highest BCUT2D eigenvalue weighted by atomic mass is 32.2. The summed E-state index contributed by atoms with van der Waals surface area (Å²) >= 11 is 0. The maximum Gasteiger partial charge on any atom is 0.0765 e. The molecule has 0 saturated carbocycles. The van der Waals surface area contributed by atoms with E-state index in [0.717, 1.165) is 5.69 Å². The SMILES string of the molecule is Cc1ccc(S(=N)(=O)C(C)C)cn1. The molecule has 1 aromatic rings. The van der Waals surface area contributed by atoms with Crippen molar-refractivity contribution < 1.29 is 4.21 Å². The number of hydrogen-bond donors (Lipinski definition) is 1. The first-order valence-corrected chi connectivity index (χ1v) is 5.77. The normalized spacial score (nSPS) is 15.7. The zero-order valence-corrected chi connectivity index (χ0v) is 8.89. The third-order valence-corrected chi connectivity index (χ3v) is 4.17. The van der Waals surface area contributed by atoms with E-state index in [2.05, 4.69) is 4.98 Å². The summed E-state index contributed by atoms with van der Waals surface area (Å²) in [5.74, 6) is 0. The van der Waals surface area contributed by atoms with Crippen LogP contribution in [0.5, 0.6) is 0 Å². The van der Waals surface area contributed by atoms with Gasteiger partial charge in [0.2, 0.25) is 0 Å². The number of nitrogens with one attached hydrogen (secondary N) is 1. The summed E-state index contributed by atoms with van der Waals surface area (Å²) in [4.78, 5) is 4.55. The number of hydrogen-bond acceptors (Lipinski definition) is 3. The first kappa shape index (κ1) is 10.2. The molecule has 1 unspecified atom stereocenters. The predicted molar refractivity (Wildman–Crippen MR) is 53.2 cm³/mol. The molecule has 1 heterocycles. The van der Waals surface area contributed by atoms with Crippen LogP contribution >= 0.6 is 0 Å². The van der Waals surface area contributed by atoms with Crippen LogP contribution in [0.15, 0.2) is 23.2 Å². The molecule has 1 N–H and O–H groups in total. The fraction of sp³-hybridized carbons (Fsp3) is 0.444. The summed E-state index contributed by atoms with van der Waals surface area (Å²) in [6.07, 6.45) is 1.53. The van der Waals surface area contributed by atoms with Gasteiger partial charge >= 0.3 is 0 Å². The van der Waals surface area contributed by atoms with Crippen molar-refractivity contribution in [2.24, 2.45) is 0 Å². The van der Waals surface area contributed by atoms with Crippen molar-refractivity contribution in [3.05, 3.63) is 24.0 Å². The van der Waals surface area contributed by atoms with Crippen LogP contribution < -0.4 is 0 Å². The van der Waals surface area contributed by atoms with Gasteiger partial charge in [0, 0.05) is 17.1 Å². The molecular weight excluding hydrogens is 184 g/mol. The fourth-order valence-electron chi connectivity index (χ4n) is 0.906. The molecule has 1 atom stereocenters. The van der Waals surface area contributed by atoms with Gasteiger partial charge in [-0.1, -0.05) is 0 Å². The van der Waals surface area contributed by atoms with E-state index in [1.807, 2.05) is 6.92 Å². The van der Waals surface area contributed by atoms with Crippen molar-refractivity contribution in [1.29, 1.82) is 4.78 Å². The second-order valence-corrected chi connectivity index (χ2v) is 5.90. The van der Waals surface area contributed by atoms with Crippen LogP contribution in [-0.2, 0) is 9.73 Å². The third kappa shape index (κ3) is 2.06. The number of aromatic nitrogens is 1. The van der Waals surface area contributed by atoms with Crippen LogP contribution in [0, 0.1) is 11.7 Å². The van der Waals surface area contributed by atoms with Crippen LogP contribution in [0.1, 0.15) is 19.5 Å². The lowest BCUT2D eigenvalue weighted by molar-refractivity contribution is 0.667. The van der Waals surface area contributed by atoms with Gasteiger partial charge in [-0.2, -0.15) is 0 Å². The minimum Gasteiger partial charge on any atom is -0.260 e. The van der Waals surface area contributed by atoms with Gasteiger partial charge in [-0.3, -0.25) is 4.98 Å². The van der Waals surface area contributed by atoms with Crippen molar-refractivity contribution in [1.82, 2.24) is 4.98 Å². The molecule has 0 bridgehead atoms. The lowest BCUT2D eigenvalue weighted by Gasteiger charge is -2.10. The number of nitrogens with zero attached hydrogens (tertiary/aromatic N) is 1. The first-order chi connectivity index (χ1) is 5.94. The Hall–Kier alpha value is -0.900. The van der Waals surface area contributed by atoms with Crippen LogP contribution in [0.25, 0.3) is 0 Å². The quantitative estimate of drug-likeness (QED) is 0.792. The van der Waals surface area contributed by atoms with E-state index in [0.29, 0.717) is 4.90 Å². The topological polar surface area (TPSA) is 53.8 Å². The predicted octanol–water partition coefficient (Wildman–Crippen LogP) is 2.20. The van der Waals surface area contributed by atoms with E-state index in [1.54, 1.807) is 26.0 Å². The standard InChI is InChI=1S/C9H14N2OS/c1-7(2)13(10,12)9-5-4-8(3)11-6-9/h4-7,10H,1-3H3. The molecule has 4 heteroatoms. The van der Waals surface area contributed by atoms with E-state index in [4.69, 9.17) is 4.78 Å². The second kappa shape index (κ2) is 3.46. The summed E-state index contributed by atoms with van der Waals surface area (Å²) in [6.45, 7) is 5.44. The molecule has 72 valence electrons. The van der Waals surface area contributed by atoms with E-state index < -0.39 is 9.73 Å². The number of pyridine rings is 1. The minimum atomic E-state index is -2.66. The van der Waals surface area contributed by atoms with Crippen molar-refractivity contribution in [3.63, 3.8) is 0 Å². The monoisotopic (exact) mass is 198 g/mol. The Bertz CT molecular complexity index is 379. The molecule has 0 aromatic carbocycles. The third-order valence-electron chi connectivity index (χ3n) is 1.90. The fourth-order valence-corrected chi connectivity index (χ4v) is 1.93. The summed E-state index contributed by atoms with van der Waals surface area (Å²) < 4.78 is 19.5. The van der Waals surface area contributed by atoms with E-state index in [1.165, 1.54) is 6.20 Å². The van der Waals surface area contributed by atoms with Gasteiger partial charge in [-0.25, -0.2) is 8.99 Å². The van der Waals surface area contributed by atoms with Crippen LogP contribution in [-0.4, -0.2) is 14.4 Å². The smallest absolute Gasteiger partial charge is 0.0765 e. The molecule has 0 aliphatic rings. The van der Waals surface area contributed by atoms with E-state index in [9.17, 15) is 4.21 Å². The molecule has 0 radical (unpaired) electrons. The molecule has 0 saturated heterocycles. The van der Waals surface area contributed by atoms with Gasteiger partial charge in [0.1, 0.15) is 0 Å². The molecule has 0 fully saturated rings. The molecule has 0 aliphatic carbocycles. The molecule has 1 rings (SSSR count). The van der Waals surface area contributed by atoms with Gasteiger partial charge in [0.25, 0.3) is 0 Å². The first-order valence-electron chi connectivity index (χ1n) is 4.15. The maximum atomic E-state index is 11.8. The lowest BCUT2D eigenvalue weighted by Crippen LogP contribution is -2.12. The van der Waals surface area contributed by atoms with Gasteiger partial charge in [-0.05, 0) is 32.9 Å². The minimum absolute atomic E-state index is 0.169. The van der Waals surface area contributed by atoms with Crippen molar-refractivity contribution in [3.8, 4) is 0 Å². The van der Waals surface area contributed by atoms with Crippen molar-refractivity contribution in [2.45, 2.75) is 30.9 Å². The van der Waals surface area contributed by atoms with Crippen LogP contribution in [0.2, 0.25) is 0 Å². The Balaban J connectivity index is 3.17. The summed E-state index contributed by atoms with van der Waals surface area (Å²) in [7, 11) is -2.66. The molecule has 0 aliphatic heterocycles. The van der Waals surface area contributed by atoms with Gasteiger partial charge in [0.05, 0.1) is 14.6 Å². The Morgan fingerprint density at radius 3 is 2.46 bits per heavy atom. The summed E-state index contributed by atoms with van der Waals surface area (Å²) in [5.41, 5.74) is 0.878. The highest BCUT2D eigenvalue weighted by Gasteiger charge is 2.14. The lowest BCUT2D eigenvalue weighted by atomic mass is 10.4. The molecule has 0 amide bonds. The van der Waals surface area contributed by atoms with Gasteiger partial charge in [0.15, 0.2) is 0 Å². The Morgan fingerprint density at radius 2 is 2.08 bits per heavy atom. The van der Waals surface area contributed by atoms with Gasteiger partial charge in [-0.15, -0.1) is 0 Å². The van der Waals surface area contributed by atoms with Crippen LogP contribution in [0.4, 0.5) is 0 Å². The molecular formula is C9H14N2OS. The average molecular weight is 198 g/mol.